The van der Waals surface area contributed by atoms with Crippen molar-refractivity contribution in [1.29, 1.82) is 0 Å². The van der Waals surface area contributed by atoms with E-state index in [1.54, 1.807) is 30.3 Å². The number of hydrogen-bond acceptors (Lipinski definition) is 6. The average Bonchev–Trinajstić information content (AvgIpc) is 2.58. The molecule has 0 aromatic heterocycles. The number of carbonyl (C=O) groups is 2. The van der Waals surface area contributed by atoms with Gasteiger partial charge in [0.15, 0.2) is 0 Å². The zero-order chi connectivity index (χ0) is 16.8. The van der Waals surface area contributed by atoms with Crippen molar-refractivity contribution in [3.05, 3.63) is 35.9 Å². The molecule has 0 atom stereocenters. The van der Waals surface area contributed by atoms with Crippen molar-refractivity contribution >= 4 is 12.1 Å². The van der Waals surface area contributed by atoms with Crippen LogP contribution in [0.5, 0.6) is 0 Å². The second-order valence-electron chi connectivity index (χ2n) is 5.11. The molecule has 0 radical (unpaired) electrons. The lowest BCUT2D eigenvalue weighted by Crippen LogP contribution is -2.12. The van der Waals surface area contributed by atoms with Crippen LogP contribution < -0.4 is 0 Å². The second-order valence-corrected chi connectivity index (χ2v) is 5.11. The highest BCUT2D eigenvalue weighted by Gasteiger charge is 2.11. The molecule has 1 aromatic carbocycles. The molecule has 23 heavy (non-hydrogen) atoms. The van der Waals surface area contributed by atoms with Gasteiger partial charge in [-0.1, -0.05) is 63.6 Å². The molecule has 128 valence electrons. The Morgan fingerprint density at radius 2 is 1.52 bits per heavy atom. The third-order valence-electron chi connectivity index (χ3n) is 3.19. The monoisotopic (exact) mass is 324 g/mol. The molecule has 0 amide bonds. The van der Waals surface area contributed by atoms with Gasteiger partial charge in [-0.2, -0.15) is 0 Å². The number of ether oxygens (including phenoxy) is 1. The Balaban J connectivity index is 1.97. The van der Waals surface area contributed by atoms with E-state index in [0.29, 0.717) is 0 Å². The van der Waals surface area contributed by atoms with Crippen LogP contribution >= 0.6 is 0 Å². The fraction of sp³-hybridized carbons (Fsp3) is 0.529. The normalized spacial score (nSPS) is 10.1. The molecule has 0 unspecified atom stereocenters. The quantitative estimate of drug-likeness (QED) is 0.256. The summed E-state index contributed by atoms with van der Waals surface area (Å²) in [6.07, 6.45) is 6.81. The predicted octanol–water partition coefficient (Wildman–Crippen LogP) is 4.59. The van der Waals surface area contributed by atoms with Crippen molar-refractivity contribution in [3.8, 4) is 0 Å². The fourth-order valence-corrected chi connectivity index (χ4v) is 1.94. The summed E-state index contributed by atoms with van der Waals surface area (Å²) < 4.78 is 4.78. The predicted molar refractivity (Wildman–Crippen MR) is 83.4 cm³/mol. The summed E-state index contributed by atoms with van der Waals surface area (Å²) in [4.78, 5) is 31.1. The van der Waals surface area contributed by atoms with Crippen molar-refractivity contribution in [2.75, 3.05) is 6.61 Å². The van der Waals surface area contributed by atoms with E-state index < -0.39 is 12.1 Å². The smallest absolute Gasteiger partial charge is 0.432 e. The van der Waals surface area contributed by atoms with Crippen LogP contribution in [0.25, 0.3) is 0 Å². The number of benzene rings is 1. The summed E-state index contributed by atoms with van der Waals surface area (Å²) in [5.74, 6) is -0.759. The zero-order valence-electron chi connectivity index (χ0n) is 13.5. The SMILES string of the molecule is CCCCCCCCCOC(=O)OOOC(=O)c1ccccc1. The van der Waals surface area contributed by atoms with Gasteiger partial charge < -0.3 is 4.74 Å². The molecule has 0 spiro atoms. The number of unbranched alkanes of at least 4 members (excludes halogenated alkanes) is 6. The van der Waals surface area contributed by atoms with Gasteiger partial charge in [-0.05, 0) is 18.6 Å². The Labute approximate surface area is 136 Å². The van der Waals surface area contributed by atoms with Crippen LogP contribution in [-0.2, 0) is 19.6 Å². The minimum atomic E-state index is -1.03. The van der Waals surface area contributed by atoms with Crippen LogP contribution in [0.1, 0.15) is 62.2 Å². The lowest BCUT2D eigenvalue weighted by atomic mass is 10.1. The first-order valence-corrected chi connectivity index (χ1v) is 8.01. The molecule has 0 heterocycles. The van der Waals surface area contributed by atoms with Gasteiger partial charge in [0.05, 0.1) is 17.2 Å². The third-order valence-corrected chi connectivity index (χ3v) is 3.19. The molecule has 0 N–H and O–H groups in total. The topological polar surface area (TPSA) is 71.1 Å². The van der Waals surface area contributed by atoms with Crippen LogP contribution in [0.15, 0.2) is 30.3 Å². The zero-order valence-corrected chi connectivity index (χ0v) is 13.5. The first-order valence-electron chi connectivity index (χ1n) is 8.01. The molecule has 6 heteroatoms. The summed E-state index contributed by atoms with van der Waals surface area (Å²) in [6, 6.07) is 8.20. The lowest BCUT2D eigenvalue weighted by Gasteiger charge is -2.04. The minimum Gasteiger partial charge on any atom is -0.432 e. The standard InChI is InChI=1S/C17H24O6/c1-2-3-4-5-6-7-11-14-20-17(19)22-23-21-16(18)15-12-9-8-10-13-15/h8-10,12-13H,2-7,11,14H2,1H3. The van der Waals surface area contributed by atoms with Crippen molar-refractivity contribution in [2.24, 2.45) is 0 Å². The summed E-state index contributed by atoms with van der Waals surface area (Å²) in [6.45, 7) is 2.43. The van der Waals surface area contributed by atoms with Crippen molar-refractivity contribution < 1.29 is 29.1 Å². The van der Waals surface area contributed by atoms with Crippen LogP contribution in [0, 0.1) is 0 Å². The molecule has 0 aliphatic heterocycles. The molecule has 0 aliphatic carbocycles. The highest BCUT2D eigenvalue weighted by atomic mass is 17.5. The van der Waals surface area contributed by atoms with Crippen LogP contribution in [0.2, 0.25) is 0 Å². The Kier molecular flexibility index (Phi) is 10.3. The number of hydrogen-bond donors (Lipinski definition) is 0. The molecule has 0 fully saturated rings. The molecule has 0 bridgehead atoms. The average molecular weight is 324 g/mol. The van der Waals surface area contributed by atoms with Crippen molar-refractivity contribution in [2.45, 2.75) is 51.9 Å². The van der Waals surface area contributed by atoms with Crippen LogP contribution in [-0.4, -0.2) is 18.7 Å². The maximum atomic E-state index is 11.5. The van der Waals surface area contributed by atoms with Gasteiger partial charge in [0, 0.05) is 0 Å². The van der Waals surface area contributed by atoms with E-state index in [4.69, 9.17) is 4.74 Å². The van der Waals surface area contributed by atoms with Gasteiger partial charge in [0.25, 0.3) is 0 Å². The van der Waals surface area contributed by atoms with E-state index in [2.05, 4.69) is 21.7 Å². The highest BCUT2D eigenvalue weighted by Crippen LogP contribution is 2.07. The number of rotatable bonds is 11. The Morgan fingerprint density at radius 1 is 0.870 bits per heavy atom. The van der Waals surface area contributed by atoms with Gasteiger partial charge in [0.1, 0.15) is 0 Å². The first-order chi connectivity index (χ1) is 11.2. The van der Waals surface area contributed by atoms with E-state index in [9.17, 15) is 9.59 Å². The van der Waals surface area contributed by atoms with E-state index in [-0.39, 0.29) is 12.2 Å². The van der Waals surface area contributed by atoms with Gasteiger partial charge in [-0.25, -0.2) is 14.5 Å². The van der Waals surface area contributed by atoms with Crippen LogP contribution in [0.3, 0.4) is 0 Å². The maximum Gasteiger partial charge on any atom is 0.543 e. The van der Waals surface area contributed by atoms with Crippen LogP contribution in [0.4, 0.5) is 4.79 Å². The molecule has 1 rings (SSSR count). The van der Waals surface area contributed by atoms with E-state index in [1.807, 2.05) is 0 Å². The van der Waals surface area contributed by atoms with E-state index in [1.165, 1.54) is 25.7 Å². The summed E-state index contributed by atoms with van der Waals surface area (Å²) >= 11 is 0. The molecule has 1 aromatic rings. The summed E-state index contributed by atoms with van der Waals surface area (Å²) in [5, 5.41) is 4.11. The van der Waals surface area contributed by atoms with Gasteiger partial charge in [-0.3, -0.25) is 4.89 Å². The molecular formula is C17H24O6. The molecule has 0 saturated carbocycles. The van der Waals surface area contributed by atoms with Gasteiger partial charge in [-0.15, -0.1) is 0 Å². The molecular weight excluding hydrogens is 300 g/mol. The second kappa shape index (κ2) is 12.5. The fourth-order valence-electron chi connectivity index (χ4n) is 1.94. The van der Waals surface area contributed by atoms with Gasteiger partial charge >= 0.3 is 12.1 Å². The maximum absolute atomic E-state index is 11.5. The Bertz CT molecular complexity index is 446. The Hall–Kier alpha value is -2.08. The Morgan fingerprint density at radius 3 is 2.22 bits per heavy atom. The largest absolute Gasteiger partial charge is 0.543 e. The summed E-state index contributed by atoms with van der Waals surface area (Å²) in [5.41, 5.74) is 0.285. The minimum absolute atomic E-state index is 0.253. The highest BCUT2D eigenvalue weighted by molar-refractivity contribution is 5.88. The third kappa shape index (κ3) is 9.52. The van der Waals surface area contributed by atoms with Crippen molar-refractivity contribution in [3.63, 3.8) is 0 Å². The van der Waals surface area contributed by atoms with E-state index in [0.717, 1.165) is 19.3 Å². The van der Waals surface area contributed by atoms with Crippen molar-refractivity contribution in [1.82, 2.24) is 0 Å². The van der Waals surface area contributed by atoms with Gasteiger partial charge in [0.2, 0.25) is 0 Å². The lowest BCUT2D eigenvalue weighted by molar-refractivity contribution is -0.452. The molecule has 0 saturated heterocycles. The number of carbonyl (C=O) groups excluding carboxylic acids is 2. The molecule has 6 nitrogen and oxygen atoms in total. The van der Waals surface area contributed by atoms with E-state index >= 15 is 0 Å². The first kappa shape index (κ1) is 19.0. The molecule has 0 aliphatic rings. The summed E-state index contributed by atoms with van der Waals surface area (Å²) in [7, 11) is 0.